The molecule has 0 aliphatic rings. The Morgan fingerprint density at radius 2 is 0.778 bits per heavy atom. The van der Waals surface area contributed by atoms with Gasteiger partial charge in [0.05, 0.1) is 0 Å². The molecule has 0 spiro atoms. The molecular formula is C11H12F14N2. The summed E-state index contributed by atoms with van der Waals surface area (Å²) >= 11 is 0. The Morgan fingerprint density at radius 3 is 1.07 bits per heavy atom. The quantitative estimate of drug-likeness (QED) is 0.532. The van der Waals surface area contributed by atoms with Crippen LogP contribution in [0.5, 0.6) is 0 Å². The van der Waals surface area contributed by atoms with E-state index in [1.807, 2.05) is 0 Å². The zero-order chi connectivity index (χ0) is 22.3. The van der Waals surface area contributed by atoms with Crippen LogP contribution in [-0.4, -0.2) is 54.5 Å². The summed E-state index contributed by atoms with van der Waals surface area (Å²) in [6, 6.07) is 0. The number of halogens is 14. The summed E-state index contributed by atoms with van der Waals surface area (Å²) in [7, 11) is 0. The average molecular weight is 438 g/mol. The van der Waals surface area contributed by atoms with Crippen LogP contribution < -0.4 is 11.5 Å². The number of alkyl halides is 14. The Kier molecular flexibility index (Phi) is 6.80. The molecular weight excluding hydrogens is 426 g/mol. The van der Waals surface area contributed by atoms with Gasteiger partial charge in [0, 0.05) is 12.8 Å². The fourth-order valence-corrected chi connectivity index (χ4v) is 1.89. The zero-order valence-electron chi connectivity index (χ0n) is 12.8. The summed E-state index contributed by atoms with van der Waals surface area (Å²) in [5, 5.41) is 0. The van der Waals surface area contributed by atoms with E-state index in [2.05, 4.69) is 11.5 Å². The van der Waals surface area contributed by atoms with Crippen molar-refractivity contribution < 1.29 is 61.5 Å². The third-order valence-electron chi connectivity index (χ3n) is 3.54. The first-order valence-electron chi connectivity index (χ1n) is 6.67. The van der Waals surface area contributed by atoms with Crippen LogP contribution in [0.2, 0.25) is 0 Å². The highest BCUT2D eigenvalue weighted by atomic mass is 19.4. The smallest absolute Gasteiger partial charge is 0.330 e. The van der Waals surface area contributed by atoms with E-state index in [1.165, 1.54) is 0 Å². The molecule has 0 aliphatic carbocycles. The maximum atomic E-state index is 13.7. The summed E-state index contributed by atoms with van der Waals surface area (Å²) in [5.41, 5.74) is 2.24. The molecule has 1 unspecified atom stereocenters. The first kappa shape index (κ1) is 25.9. The van der Waals surface area contributed by atoms with Crippen molar-refractivity contribution in [3.8, 4) is 0 Å². The van der Waals surface area contributed by atoms with E-state index in [4.69, 9.17) is 0 Å². The van der Waals surface area contributed by atoms with Gasteiger partial charge < -0.3 is 11.5 Å². The molecule has 0 rings (SSSR count). The average Bonchev–Trinajstić information content (AvgIpc) is 2.45. The monoisotopic (exact) mass is 438 g/mol. The fraction of sp³-hybridized carbons (Fsp3) is 1.00. The Bertz CT molecular complexity index is 514. The summed E-state index contributed by atoms with van der Waals surface area (Å²) in [6.07, 6.45) is -12.2. The van der Waals surface area contributed by atoms with Gasteiger partial charge in [0.2, 0.25) is 0 Å². The molecule has 0 aromatic carbocycles. The van der Waals surface area contributed by atoms with Crippen LogP contribution in [0.1, 0.15) is 12.8 Å². The summed E-state index contributed by atoms with van der Waals surface area (Å²) < 4.78 is 185. The molecule has 2 nitrogen and oxygen atoms in total. The van der Waals surface area contributed by atoms with Crippen LogP contribution in [-0.2, 0) is 0 Å². The Labute approximate surface area is 141 Å². The normalized spacial score (nSPS) is 17.8. The van der Waals surface area contributed by atoms with Crippen molar-refractivity contribution in [3.05, 3.63) is 0 Å². The highest BCUT2D eigenvalue weighted by Gasteiger charge is 2.91. The molecule has 1 atom stereocenters. The molecule has 16 heteroatoms. The van der Waals surface area contributed by atoms with Crippen molar-refractivity contribution in [1.82, 2.24) is 0 Å². The van der Waals surface area contributed by atoms with Crippen LogP contribution in [0.3, 0.4) is 0 Å². The lowest BCUT2D eigenvalue weighted by Gasteiger charge is -2.44. The van der Waals surface area contributed by atoms with Gasteiger partial charge in [0.1, 0.15) is 0 Å². The van der Waals surface area contributed by atoms with Gasteiger partial charge in [-0.3, -0.25) is 0 Å². The Morgan fingerprint density at radius 1 is 0.444 bits per heavy atom. The predicted octanol–water partition coefficient (Wildman–Crippen LogP) is 4.13. The Hall–Kier alpha value is -1.06. The molecule has 0 saturated carbocycles. The van der Waals surface area contributed by atoms with Gasteiger partial charge in [-0.05, 0) is 13.1 Å². The number of hydrogen-bond acceptors (Lipinski definition) is 2. The van der Waals surface area contributed by atoms with Gasteiger partial charge in [0.15, 0.2) is 0 Å². The van der Waals surface area contributed by atoms with Gasteiger partial charge in [-0.25, -0.2) is 4.39 Å². The predicted molar refractivity (Wildman–Crippen MR) is 62.0 cm³/mol. The second kappa shape index (κ2) is 7.08. The van der Waals surface area contributed by atoms with E-state index in [0.717, 1.165) is 0 Å². The minimum atomic E-state index is -7.92. The SMILES string of the molecule is NCCC(F)(F)C(F)(F)C(F)(F)C(F)(F)C(F)(F)C(F)(CCN)C(F)(F)F. The van der Waals surface area contributed by atoms with Crippen LogP contribution >= 0.6 is 0 Å². The summed E-state index contributed by atoms with van der Waals surface area (Å²) in [5.74, 6) is -36.8. The maximum absolute atomic E-state index is 13.7. The second-order valence-corrected chi connectivity index (χ2v) is 5.38. The van der Waals surface area contributed by atoms with Crippen LogP contribution in [0.15, 0.2) is 0 Å². The first-order chi connectivity index (χ1) is 11.6. The summed E-state index contributed by atoms with van der Waals surface area (Å²) in [4.78, 5) is 0. The van der Waals surface area contributed by atoms with E-state index >= 15 is 0 Å². The van der Waals surface area contributed by atoms with Crippen molar-refractivity contribution in [2.75, 3.05) is 13.1 Å². The molecule has 0 heterocycles. The highest BCUT2D eigenvalue weighted by molar-refractivity contribution is 5.15. The molecule has 0 bridgehead atoms. The first-order valence-corrected chi connectivity index (χ1v) is 6.67. The van der Waals surface area contributed by atoms with Crippen molar-refractivity contribution in [2.45, 2.75) is 54.3 Å². The molecule has 0 amide bonds. The van der Waals surface area contributed by atoms with Crippen LogP contribution in [0.25, 0.3) is 0 Å². The minimum absolute atomic E-state index is 1.51. The van der Waals surface area contributed by atoms with Crippen molar-refractivity contribution >= 4 is 0 Å². The molecule has 0 radical (unpaired) electrons. The molecule has 0 saturated heterocycles. The van der Waals surface area contributed by atoms with Gasteiger partial charge in [-0.15, -0.1) is 0 Å². The molecule has 4 N–H and O–H groups in total. The largest absolute Gasteiger partial charge is 0.428 e. The van der Waals surface area contributed by atoms with E-state index in [1.54, 1.807) is 0 Å². The maximum Gasteiger partial charge on any atom is 0.428 e. The number of rotatable bonds is 9. The lowest BCUT2D eigenvalue weighted by molar-refractivity contribution is -0.434. The molecule has 0 aliphatic heterocycles. The van der Waals surface area contributed by atoms with Gasteiger partial charge in [-0.2, -0.15) is 57.1 Å². The molecule has 27 heavy (non-hydrogen) atoms. The summed E-state index contributed by atoms with van der Waals surface area (Å²) in [6.45, 7) is -3.27. The van der Waals surface area contributed by atoms with Crippen molar-refractivity contribution in [2.24, 2.45) is 11.5 Å². The lowest BCUT2D eigenvalue weighted by atomic mass is 9.83. The van der Waals surface area contributed by atoms with Gasteiger partial charge >= 0.3 is 35.8 Å². The molecule has 0 fully saturated rings. The topological polar surface area (TPSA) is 52.0 Å². The van der Waals surface area contributed by atoms with Gasteiger partial charge in [-0.1, -0.05) is 0 Å². The Balaban J connectivity index is 6.58. The zero-order valence-corrected chi connectivity index (χ0v) is 12.8. The lowest BCUT2D eigenvalue weighted by Crippen LogP contribution is -2.73. The third kappa shape index (κ3) is 3.53. The second-order valence-electron chi connectivity index (χ2n) is 5.38. The third-order valence-corrected chi connectivity index (χ3v) is 3.54. The van der Waals surface area contributed by atoms with E-state index in [-0.39, 0.29) is 0 Å². The van der Waals surface area contributed by atoms with E-state index in [0.29, 0.717) is 0 Å². The highest BCUT2D eigenvalue weighted by Crippen LogP contribution is 2.62. The fourth-order valence-electron chi connectivity index (χ4n) is 1.89. The van der Waals surface area contributed by atoms with Crippen LogP contribution in [0.4, 0.5) is 61.5 Å². The standard InChI is InChI=1S/C11H12F14N2/c12-5(1-3-26,11(23,24)25)7(15,16)9(19,20)10(21,22)8(17,18)6(13,14)2-4-27/h1-4,26-27H2. The molecule has 164 valence electrons. The van der Waals surface area contributed by atoms with E-state index in [9.17, 15) is 61.5 Å². The molecule has 0 aromatic heterocycles. The van der Waals surface area contributed by atoms with Crippen molar-refractivity contribution in [3.63, 3.8) is 0 Å². The van der Waals surface area contributed by atoms with Gasteiger partial charge in [0.25, 0.3) is 5.67 Å². The number of hydrogen-bond donors (Lipinski definition) is 2. The minimum Gasteiger partial charge on any atom is -0.330 e. The van der Waals surface area contributed by atoms with E-state index < -0.39 is 67.4 Å². The molecule has 0 aromatic rings. The van der Waals surface area contributed by atoms with Crippen molar-refractivity contribution in [1.29, 1.82) is 0 Å². The van der Waals surface area contributed by atoms with Crippen LogP contribution in [0, 0.1) is 0 Å². The number of nitrogens with two attached hydrogens (primary N) is 2.